The Hall–Kier alpha value is -2.05. The maximum atomic E-state index is 12.2. The Morgan fingerprint density at radius 3 is 2.44 bits per heavy atom. The van der Waals surface area contributed by atoms with E-state index in [0.29, 0.717) is 17.7 Å². The topological polar surface area (TPSA) is 87.8 Å². The molecular formula is C11H17N5O2. The van der Waals surface area contributed by atoms with Crippen LogP contribution in [0.15, 0.2) is 9.59 Å². The van der Waals surface area contributed by atoms with E-state index in [4.69, 9.17) is 5.73 Å². The fourth-order valence-electron chi connectivity index (χ4n) is 2.09. The average molecular weight is 251 g/mol. The van der Waals surface area contributed by atoms with Crippen molar-refractivity contribution in [3.8, 4) is 0 Å². The number of aryl methyl sites for hydroxylation is 1. The van der Waals surface area contributed by atoms with Gasteiger partial charge in [0.25, 0.3) is 5.56 Å². The minimum absolute atomic E-state index is 0.0901. The summed E-state index contributed by atoms with van der Waals surface area (Å²) in [4.78, 5) is 28.6. The van der Waals surface area contributed by atoms with Crippen LogP contribution in [0, 0.1) is 0 Å². The van der Waals surface area contributed by atoms with E-state index in [2.05, 4.69) is 4.98 Å². The van der Waals surface area contributed by atoms with Crippen LogP contribution in [0.25, 0.3) is 11.2 Å². The van der Waals surface area contributed by atoms with E-state index in [1.54, 1.807) is 14.0 Å². The van der Waals surface area contributed by atoms with E-state index >= 15 is 0 Å². The number of hydrogen-bond donors (Lipinski definition) is 1. The number of nitrogen functional groups attached to an aromatic ring is 1. The van der Waals surface area contributed by atoms with E-state index < -0.39 is 0 Å². The lowest BCUT2D eigenvalue weighted by atomic mass is 10.3. The highest BCUT2D eigenvalue weighted by atomic mass is 16.2. The fourth-order valence-corrected chi connectivity index (χ4v) is 2.09. The van der Waals surface area contributed by atoms with E-state index in [1.807, 2.05) is 13.8 Å². The van der Waals surface area contributed by atoms with Crippen LogP contribution in [0.1, 0.15) is 26.8 Å². The predicted octanol–water partition coefficient (Wildman–Crippen LogP) is 0.0797. The summed E-state index contributed by atoms with van der Waals surface area (Å²) < 4.78 is 4.21. The Kier molecular flexibility index (Phi) is 2.76. The molecular weight excluding hydrogens is 234 g/mol. The Bertz CT molecular complexity index is 720. The maximum absolute atomic E-state index is 12.2. The maximum Gasteiger partial charge on any atom is 0.332 e. The summed E-state index contributed by atoms with van der Waals surface area (Å²) in [6.45, 7) is 5.83. The lowest BCUT2D eigenvalue weighted by molar-refractivity contribution is 0.533. The molecule has 2 aromatic heterocycles. The minimum atomic E-state index is -0.346. The average Bonchev–Trinajstić information content (AvgIpc) is 2.55. The predicted molar refractivity (Wildman–Crippen MR) is 69.7 cm³/mol. The second kappa shape index (κ2) is 4.01. The summed E-state index contributed by atoms with van der Waals surface area (Å²) in [5, 5.41) is 0. The normalized spacial score (nSPS) is 11.6. The number of aromatic nitrogens is 4. The van der Waals surface area contributed by atoms with Gasteiger partial charge in [0.1, 0.15) is 0 Å². The van der Waals surface area contributed by atoms with Crippen molar-refractivity contribution in [1.29, 1.82) is 0 Å². The van der Waals surface area contributed by atoms with Crippen molar-refractivity contribution in [2.24, 2.45) is 7.05 Å². The second-order valence-corrected chi connectivity index (χ2v) is 4.50. The first-order valence-electron chi connectivity index (χ1n) is 5.87. The van der Waals surface area contributed by atoms with Crippen LogP contribution in [0.4, 0.5) is 5.95 Å². The largest absolute Gasteiger partial charge is 0.369 e. The highest BCUT2D eigenvalue weighted by Gasteiger charge is 2.19. The number of anilines is 1. The number of fused-ring (bicyclic) bond motifs is 1. The second-order valence-electron chi connectivity index (χ2n) is 4.50. The van der Waals surface area contributed by atoms with Crippen molar-refractivity contribution < 1.29 is 0 Å². The third-order valence-electron chi connectivity index (χ3n) is 3.06. The zero-order valence-corrected chi connectivity index (χ0v) is 11.0. The molecule has 0 unspecified atom stereocenters. The molecule has 2 rings (SSSR count). The van der Waals surface area contributed by atoms with E-state index in [9.17, 15) is 9.59 Å². The molecule has 0 fully saturated rings. The molecule has 0 atom stereocenters. The van der Waals surface area contributed by atoms with Crippen molar-refractivity contribution in [3.63, 3.8) is 0 Å². The molecule has 98 valence electrons. The summed E-state index contributed by atoms with van der Waals surface area (Å²) >= 11 is 0. The molecule has 0 aliphatic heterocycles. The minimum Gasteiger partial charge on any atom is -0.369 e. The smallest absolute Gasteiger partial charge is 0.332 e. The first kappa shape index (κ1) is 12.4. The van der Waals surface area contributed by atoms with Crippen LogP contribution in [0.5, 0.6) is 0 Å². The molecule has 2 N–H and O–H groups in total. The zero-order chi connectivity index (χ0) is 13.6. The van der Waals surface area contributed by atoms with E-state index in [0.717, 1.165) is 0 Å². The van der Waals surface area contributed by atoms with E-state index in [-0.39, 0.29) is 23.2 Å². The first-order valence-corrected chi connectivity index (χ1v) is 5.87. The number of nitrogens with two attached hydrogens (primary N) is 1. The molecule has 0 saturated heterocycles. The van der Waals surface area contributed by atoms with Gasteiger partial charge in [0.2, 0.25) is 5.95 Å². The highest BCUT2D eigenvalue weighted by molar-refractivity contribution is 5.73. The zero-order valence-electron chi connectivity index (χ0n) is 11.0. The lowest BCUT2D eigenvalue weighted by Gasteiger charge is -2.13. The molecule has 0 aliphatic rings. The van der Waals surface area contributed by atoms with Gasteiger partial charge in [0, 0.05) is 19.6 Å². The Morgan fingerprint density at radius 2 is 1.94 bits per heavy atom. The monoisotopic (exact) mass is 251 g/mol. The molecule has 0 aliphatic carbocycles. The molecule has 0 radical (unpaired) electrons. The summed E-state index contributed by atoms with van der Waals surface area (Å²) in [7, 11) is 1.67. The van der Waals surface area contributed by atoms with Gasteiger partial charge < -0.3 is 10.3 Å². The molecule has 2 heterocycles. The van der Waals surface area contributed by atoms with Crippen molar-refractivity contribution in [2.75, 3.05) is 5.73 Å². The van der Waals surface area contributed by atoms with Crippen molar-refractivity contribution in [3.05, 3.63) is 20.8 Å². The first-order chi connectivity index (χ1) is 8.40. The Morgan fingerprint density at radius 1 is 1.33 bits per heavy atom. The van der Waals surface area contributed by atoms with Crippen LogP contribution in [-0.2, 0) is 13.6 Å². The van der Waals surface area contributed by atoms with Gasteiger partial charge in [-0.2, -0.15) is 4.98 Å². The molecule has 0 saturated carbocycles. The van der Waals surface area contributed by atoms with Gasteiger partial charge >= 0.3 is 5.69 Å². The molecule has 0 bridgehead atoms. The van der Waals surface area contributed by atoms with Gasteiger partial charge in [-0.05, 0) is 20.8 Å². The Labute approximate surface area is 103 Å². The van der Waals surface area contributed by atoms with Crippen LogP contribution in [0.2, 0.25) is 0 Å². The lowest BCUT2D eigenvalue weighted by Crippen LogP contribution is -2.40. The summed E-state index contributed by atoms with van der Waals surface area (Å²) in [6, 6.07) is -0.0901. The third kappa shape index (κ3) is 1.47. The summed E-state index contributed by atoms with van der Waals surface area (Å²) in [6.07, 6.45) is 0. The quantitative estimate of drug-likeness (QED) is 0.818. The van der Waals surface area contributed by atoms with Gasteiger partial charge in [0.15, 0.2) is 11.2 Å². The molecule has 7 nitrogen and oxygen atoms in total. The molecule has 0 aromatic carbocycles. The van der Waals surface area contributed by atoms with Crippen LogP contribution in [0.3, 0.4) is 0 Å². The molecule has 0 amide bonds. The van der Waals surface area contributed by atoms with E-state index in [1.165, 1.54) is 13.7 Å². The van der Waals surface area contributed by atoms with Crippen molar-refractivity contribution >= 4 is 17.1 Å². The number of hydrogen-bond acceptors (Lipinski definition) is 4. The molecule has 7 heteroatoms. The van der Waals surface area contributed by atoms with Crippen LogP contribution < -0.4 is 17.0 Å². The molecule has 2 aromatic rings. The summed E-state index contributed by atoms with van der Waals surface area (Å²) in [5.74, 6) is 0.227. The number of imidazole rings is 1. The summed E-state index contributed by atoms with van der Waals surface area (Å²) in [5.41, 5.74) is 5.75. The van der Waals surface area contributed by atoms with Gasteiger partial charge in [-0.25, -0.2) is 4.79 Å². The standard InChI is InChI=1S/C11H17N5O2/c1-5-15-9(17)7-8(13-10(12)14(7)4)16(6(2)3)11(15)18/h6H,5H2,1-4H3,(H2,12,13). The molecule has 0 spiro atoms. The van der Waals surface area contributed by atoms with Gasteiger partial charge in [-0.3, -0.25) is 13.9 Å². The van der Waals surface area contributed by atoms with Crippen LogP contribution >= 0.6 is 0 Å². The van der Waals surface area contributed by atoms with Gasteiger partial charge in [-0.15, -0.1) is 0 Å². The highest BCUT2D eigenvalue weighted by Crippen LogP contribution is 2.14. The van der Waals surface area contributed by atoms with Gasteiger partial charge in [0.05, 0.1) is 0 Å². The van der Waals surface area contributed by atoms with Crippen molar-refractivity contribution in [2.45, 2.75) is 33.4 Å². The fraction of sp³-hybridized carbons (Fsp3) is 0.545. The molecule has 18 heavy (non-hydrogen) atoms. The Balaban J connectivity index is 3.13. The number of rotatable bonds is 2. The van der Waals surface area contributed by atoms with Crippen molar-refractivity contribution in [1.82, 2.24) is 18.7 Å². The van der Waals surface area contributed by atoms with Crippen LogP contribution in [-0.4, -0.2) is 18.7 Å². The SMILES string of the molecule is CCn1c(=O)c2c(nc(N)n2C)n(C(C)C)c1=O. The third-order valence-corrected chi connectivity index (χ3v) is 3.06. The number of nitrogens with zero attached hydrogens (tertiary/aromatic N) is 4. The van der Waals surface area contributed by atoms with Gasteiger partial charge in [-0.1, -0.05) is 0 Å².